The largest absolute Gasteiger partial charge is 0.396 e. The second-order valence-corrected chi connectivity index (χ2v) is 4.67. The summed E-state index contributed by atoms with van der Waals surface area (Å²) in [4.78, 5) is 0. The van der Waals surface area contributed by atoms with Gasteiger partial charge in [0.15, 0.2) is 0 Å². The van der Waals surface area contributed by atoms with Crippen LogP contribution in [-0.2, 0) is 0 Å². The molecule has 1 saturated carbocycles. The van der Waals surface area contributed by atoms with E-state index in [4.69, 9.17) is 5.11 Å². The first-order valence-corrected chi connectivity index (χ1v) is 5.93. The third-order valence-electron chi connectivity index (χ3n) is 3.46. The lowest BCUT2D eigenvalue weighted by atomic mass is 9.94. The summed E-state index contributed by atoms with van der Waals surface area (Å²) in [5.74, 6) is 0.399. The van der Waals surface area contributed by atoms with Crippen LogP contribution in [0.4, 0.5) is 0 Å². The van der Waals surface area contributed by atoms with Crippen LogP contribution in [0.25, 0.3) is 0 Å². The summed E-state index contributed by atoms with van der Waals surface area (Å²) >= 11 is 0. The molecule has 0 saturated heterocycles. The van der Waals surface area contributed by atoms with Gasteiger partial charge < -0.3 is 10.4 Å². The van der Waals surface area contributed by atoms with Crippen molar-refractivity contribution >= 4 is 0 Å². The standard InChI is InChI=1S/C12H21NO/c14-9-10-6-7-12(8-10)13-11-4-2-1-3-5-11/h6-7,10-14H,1-5,8-9H2/t10-,12+/m0/s1. The van der Waals surface area contributed by atoms with E-state index in [1.807, 2.05) is 0 Å². The van der Waals surface area contributed by atoms with Gasteiger partial charge >= 0.3 is 0 Å². The second kappa shape index (κ2) is 4.94. The average molecular weight is 195 g/mol. The lowest BCUT2D eigenvalue weighted by molar-refractivity contribution is 0.242. The lowest BCUT2D eigenvalue weighted by Crippen LogP contribution is -2.37. The lowest BCUT2D eigenvalue weighted by Gasteiger charge is -2.26. The van der Waals surface area contributed by atoms with E-state index in [0.717, 1.165) is 12.5 Å². The Labute approximate surface area is 86.4 Å². The first-order chi connectivity index (χ1) is 6.88. The number of nitrogens with one attached hydrogen (secondary N) is 1. The van der Waals surface area contributed by atoms with Gasteiger partial charge in [0.25, 0.3) is 0 Å². The summed E-state index contributed by atoms with van der Waals surface area (Å²) in [7, 11) is 0. The molecule has 0 aromatic heterocycles. The van der Waals surface area contributed by atoms with Gasteiger partial charge in [-0.15, -0.1) is 0 Å². The molecule has 0 aromatic rings. The van der Waals surface area contributed by atoms with Crippen molar-refractivity contribution in [2.75, 3.05) is 6.61 Å². The fourth-order valence-corrected chi connectivity index (χ4v) is 2.61. The highest BCUT2D eigenvalue weighted by atomic mass is 16.3. The van der Waals surface area contributed by atoms with Crippen molar-refractivity contribution in [3.63, 3.8) is 0 Å². The minimum Gasteiger partial charge on any atom is -0.396 e. The number of rotatable bonds is 3. The summed E-state index contributed by atoms with van der Waals surface area (Å²) in [6.07, 6.45) is 12.3. The molecule has 2 rings (SSSR count). The van der Waals surface area contributed by atoms with Crippen molar-refractivity contribution in [2.45, 2.75) is 50.6 Å². The minimum absolute atomic E-state index is 0.305. The molecule has 0 amide bonds. The molecule has 0 bridgehead atoms. The van der Waals surface area contributed by atoms with Crippen molar-refractivity contribution in [2.24, 2.45) is 5.92 Å². The quantitative estimate of drug-likeness (QED) is 0.674. The van der Waals surface area contributed by atoms with Gasteiger partial charge in [-0.3, -0.25) is 0 Å². The normalized spacial score (nSPS) is 33.8. The molecule has 2 heteroatoms. The monoisotopic (exact) mass is 195 g/mol. The number of hydrogen-bond acceptors (Lipinski definition) is 2. The van der Waals surface area contributed by atoms with Gasteiger partial charge in [-0.1, -0.05) is 31.4 Å². The number of aliphatic hydroxyl groups excluding tert-OH is 1. The van der Waals surface area contributed by atoms with Gasteiger partial charge in [0.2, 0.25) is 0 Å². The third kappa shape index (κ3) is 2.58. The zero-order chi connectivity index (χ0) is 9.80. The summed E-state index contributed by atoms with van der Waals surface area (Å²) in [5.41, 5.74) is 0. The highest BCUT2D eigenvalue weighted by Crippen LogP contribution is 2.22. The molecule has 0 aliphatic heterocycles. The van der Waals surface area contributed by atoms with Crippen LogP contribution in [0, 0.1) is 5.92 Å². The fourth-order valence-electron chi connectivity index (χ4n) is 2.61. The van der Waals surface area contributed by atoms with Crippen LogP contribution in [0.3, 0.4) is 0 Å². The molecule has 2 N–H and O–H groups in total. The van der Waals surface area contributed by atoms with Crippen molar-refractivity contribution in [3.05, 3.63) is 12.2 Å². The Bertz CT molecular complexity index is 196. The van der Waals surface area contributed by atoms with E-state index in [-0.39, 0.29) is 0 Å². The van der Waals surface area contributed by atoms with Crippen molar-refractivity contribution in [1.29, 1.82) is 0 Å². The van der Waals surface area contributed by atoms with Crippen LogP contribution >= 0.6 is 0 Å². The molecule has 2 atom stereocenters. The fraction of sp³-hybridized carbons (Fsp3) is 0.833. The van der Waals surface area contributed by atoms with E-state index in [1.54, 1.807) is 0 Å². The zero-order valence-electron chi connectivity index (χ0n) is 8.78. The van der Waals surface area contributed by atoms with E-state index in [2.05, 4.69) is 17.5 Å². The molecule has 80 valence electrons. The minimum atomic E-state index is 0.305. The third-order valence-corrected chi connectivity index (χ3v) is 3.46. The molecular weight excluding hydrogens is 174 g/mol. The Kier molecular flexibility index (Phi) is 3.60. The highest BCUT2D eigenvalue weighted by Gasteiger charge is 2.21. The second-order valence-electron chi connectivity index (χ2n) is 4.67. The van der Waals surface area contributed by atoms with Gasteiger partial charge in [-0.25, -0.2) is 0 Å². The molecule has 0 heterocycles. The SMILES string of the molecule is OC[C@H]1C=C[C@@H](NC2CCCCC2)C1. The smallest absolute Gasteiger partial charge is 0.0494 e. The van der Waals surface area contributed by atoms with E-state index in [1.165, 1.54) is 32.1 Å². The van der Waals surface area contributed by atoms with Gasteiger partial charge in [0.1, 0.15) is 0 Å². The zero-order valence-corrected chi connectivity index (χ0v) is 8.78. The summed E-state index contributed by atoms with van der Waals surface area (Å²) in [6, 6.07) is 1.26. The summed E-state index contributed by atoms with van der Waals surface area (Å²) in [5, 5.41) is 12.7. The van der Waals surface area contributed by atoms with E-state index >= 15 is 0 Å². The van der Waals surface area contributed by atoms with E-state index < -0.39 is 0 Å². The summed E-state index contributed by atoms with van der Waals surface area (Å²) < 4.78 is 0. The van der Waals surface area contributed by atoms with Crippen LogP contribution in [0.1, 0.15) is 38.5 Å². The maximum atomic E-state index is 9.01. The first-order valence-electron chi connectivity index (χ1n) is 5.93. The Hall–Kier alpha value is -0.340. The average Bonchev–Trinajstić information content (AvgIpc) is 2.67. The number of hydrogen-bond donors (Lipinski definition) is 2. The highest BCUT2D eigenvalue weighted by molar-refractivity contribution is 5.06. The Morgan fingerprint density at radius 1 is 1.14 bits per heavy atom. The first kappa shape index (κ1) is 10.2. The molecule has 2 aliphatic rings. The Morgan fingerprint density at radius 2 is 1.93 bits per heavy atom. The molecule has 0 unspecified atom stereocenters. The van der Waals surface area contributed by atoms with Crippen LogP contribution in [-0.4, -0.2) is 23.8 Å². The van der Waals surface area contributed by atoms with Gasteiger partial charge in [0.05, 0.1) is 0 Å². The molecule has 14 heavy (non-hydrogen) atoms. The van der Waals surface area contributed by atoms with E-state index in [9.17, 15) is 0 Å². The summed E-state index contributed by atoms with van der Waals surface area (Å²) in [6.45, 7) is 0.305. The van der Waals surface area contributed by atoms with Crippen molar-refractivity contribution in [1.82, 2.24) is 5.32 Å². The number of aliphatic hydroxyl groups is 1. The molecule has 0 aromatic carbocycles. The molecule has 0 radical (unpaired) electrons. The molecule has 1 fully saturated rings. The molecule has 2 aliphatic carbocycles. The van der Waals surface area contributed by atoms with Gasteiger partial charge in [0, 0.05) is 24.6 Å². The van der Waals surface area contributed by atoms with Crippen molar-refractivity contribution < 1.29 is 5.11 Å². The van der Waals surface area contributed by atoms with Gasteiger partial charge in [-0.05, 0) is 19.3 Å². The maximum absolute atomic E-state index is 9.01. The predicted octanol–water partition coefficient (Wildman–Crippen LogP) is 1.85. The molecular formula is C12H21NO. The van der Waals surface area contributed by atoms with Crippen LogP contribution in [0.5, 0.6) is 0 Å². The van der Waals surface area contributed by atoms with Crippen LogP contribution < -0.4 is 5.32 Å². The van der Waals surface area contributed by atoms with Gasteiger partial charge in [-0.2, -0.15) is 0 Å². The molecule has 2 nitrogen and oxygen atoms in total. The Balaban J connectivity index is 1.73. The van der Waals surface area contributed by atoms with Crippen molar-refractivity contribution in [3.8, 4) is 0 Å². The topological polar surface area (TPSA) is 32.3 Å². The Morgan fingerprint density at radius 3 is 2.57 bits per heavy atom. The molecule has 0 spiro atoms. The maximum Gasteiger partial charge on any atom is 0.0494 e. The predicted molar refractivity (Wildman–Crippen MR) is 58.1 cm³/mol. The van der Waals surface area contributed by atoms with E-state index in [0.29, 0.717) is 18.6 Å². The van der Waals surface area contributed by atoms with Crippen LogP contribution in [0.15, 0.2) is 12.2 Å². The van der Waals surface area contributed by atoms with Crippen LogP contribution in [0.2, 0.25) is 0 Å².